The Labute approximate surface area is 152 Å². The number of hydrogen-bond donors (Lipinski definition) is 0. The molecule has 0 radical (unpaired) electrons. The Morgan fingerprint density at radius 2 is 1.81 bits per heavy atom. The summed E-state index contributed by atoms with van der Waals surface area (Å²) in [6.45, 7) is 2.96. The first-order valence-electron chi connectivity index (χ1n) is 8.06. The molecule has 0 N–H and O–H groups in total. The van der Waals surface area contributed by atoms with Crippen molar-refractivity contribution in [1.29, 1.82) is 0 Å². The molecule has 0 spiro atoms. The fourth-order valence-electron chi connectivity index (χ4n) is 2.75. The number of aromatic nitrogens is 1. The average Bonchev–Trinajstić information content (AvgIpc) is 2.99. The van der Waals surface area contributed by atoms with Crippen molar-refractivity contribution in [3.63, 3.8) is 0 Å². The van der Waals surface area contributed by atoms with Crippen LogP contribution in [0.15, 0.2) is 39.8 Å². The van der Waals surface area contributed by atoms with Gasteiger partial charge in [-0.2, -0.15) is 4.31 Å². The summed E-state index contributed by atoms with van der Waals surface area (Å²) in [5, 5.41) is 3.69. The smallest absolute Gasteiger partial charge is 0.243 e. The van der Waals surface area contributed by atoms with Gasteiger partial charge in [-0.15, -0.1) is 0 Å². The molecule has 142 valence electrons. The van der Waals surface area contributed by atoms with E-state index in [0.717, 1.165) is 0 Å². The number of nitrogens with zero attached hydrogens (tertiary/aromatic N) is 2. The number of sulfonamides is 1. The molecule has 1 saturated heterocycles. The van der Waals surface area contributed by atoms with Crippen molar-refractivity contribution in [3.8, 4) is 0 Å². The van der Waals surface area contributed by atoms with Crippen molar-refractivity contribution in [3.05, 3.63) is 47.3 Å². The molecule has 3 rings (SSSR count). The van der Waals surface area contributed by atoms with Gasteiger partial charge in [0.05, 0.1) is 35.3 Å². The first-order valence-corrected chi connectivity index (χ1v) is 11.3. The lowest BCUT2D eigenvalue weighted by Crippen LogP contribution is -2.40. The van der Waals surface area contributed by atoms with Gasteiger partial charge in [0.25, 0.3) is 0 Å². The Kier molecular flexibility index (Phi) is 5.47. The molecular weight excluding hydrogens is 380 g/mol. The molecule has 0 bridgehead atoms. The molecule has 0 unspecified atom stereocenters. The molecule has 1 aromatic carbocycles. The number of benzene rings is 1. The lowest BCUT2D eigenvalue weighted by atomic mass is 10.2. The number of ether oxygens (including phenoxy) is 1. The summed E-state index contributed by atoms with van der Waals surface area (Å²) < 4.78 is 61.6. The molecule has 0 amide bonds. The Balaban J connectivity index is 1.78. The summed E-state index contributed by atoms with van der Waals surface area (Å²) in [7, 11) is -7.18. The summed E-state index contributed by atoms with van der Waals surface area (Å²) in [5.74, 6) is 0.00434. The topological polar surface area (TPSA) is 107 Å². The number of aryl methyl sites for hydroxylation is 1. The minimum absolute atomic E-state index is 0.0874. The summed E-state index contributed by atoms with van der Waals surface area (Å²) >= 11 is 0. The van der Waals surface area contributed by atoms with Crippen LogP contribution in [0.1, 0.15) is 17.0 Å². The molecule has 0 atom stereocenters. The maximum Gasteiger partial charge on any atom is 0.243 e. The SMILES string of the molecule is Cc1cc(CS(=O)(=O)Cc2cccc(S(=O)(=O)N3CCOCC3)c2)no1. The van der Waals surface area contributed by atoms with E-state index in [0.29, 0.717) is 30.2 Å². The second-order valence-electron chi connectivity index (χ2n) is 6.13. The molecule has 2 aromatic rings. The highest BCUT2D eigenvalue weighted by atomic mass is 32.2. The van der Waals surface area contributed by atoms with Crippen molar-refractivity contribution in [2.75, 3.05) is 26.3 Å². The van der Waals surface area contributed by atoms with Crippen LogP contribution in [0, 0.1) is 6.92 Å². The fraction of sp³-hybridized carbons (Fsp3) is 0.438. The molecule has 10 heteroatoms. The van der Waals surface area contributed by atoms with Crippen LogP contribution in [0.2, 0.25) is 0 Å². The summed E-state index contributed by atoms with van der Waals surface area (Å²) in [6.07, 6.45) is 0. The number of morpholine rings is 1. The van der Waals surface area contributed by atoms with Crippen LogP contribution < -0.4 is 0 Å². The lowest BCUT2D eigenvalue weighted by molar-refractivity contribution is 0.0730. The van der Waals surface area contributed by atoms with Gasteiger partial charge in [-0.3, -0.25) is 0 Å². The predicted octanol–water partition coefficient (Wildman–Crippen LogP) is 1.12. The first kappa shape index (κ1) is 19.0. The largest absolute Gasteiger partial charge is 0.379 e. The van der Waals surface area contributed by atoms with E-state index < -0.39 is 19.9 Å². The van der Waals surface area contributed by atoms with E-state index in [4.69, 9.17) is 9.26 Å². The van der Waals surface area contributed by atoms with Gasteiger partial charge in [0.2, 0.25) is 10.0 Å². The molecule has 1 aliphatic heterocycles. The zero-order chi connectivity index (χ0) is 18.8. The molecule has 8 nitrogen and oxygen atoms in total. The number of hydrogen-bond acceptors (Lipinski definition) is 7. The van der Waals surface area contributed by atoms with Crippen molar-refractivity contribution in [1.82, 2.24) is 9.46 Å². The molecule has 26 heavy (non-hydrogen) atoms. The van der Waals surface area contributed by atoms with Crippen molar-refractivity contribution in [2.24, 2.45) is 0 Å². The number of rotatable bonds is 6. The van der Waals surface area contributed by atoms with Crippen LogP contribution in [0.4, 0.5) is 0 Å². The molecule has 1 fully saturated rings. The monoisotopic (exact) mass is 400 g/mol. The normalized spacial score (nSPS) is 16.7. The Bertz CT molecular complexity index is 976. The van der Waals surface area contributed by atoms with Gasteiger partial charge in [-0.1, -0.05) is 17.3 Å². The van der Waals surface area contributed by atoms with Crippen molar-refractivity contribution < 1.29 is 26.1 Å². The Hall–Kier alpha value is -1.75. The van der Waals surface area contributed by atoms with Gasteiger partial charge in [-0.05, 0) is 24.6 Å². The van der Waals surface area contributed by atoms with Gasteiger partial charge in [-0.25, -0.2) is 16.8 Å². The highest BCUT2D eigenvalue weighted by molar-refractivity contribution is 7.90. The van der Waals surface area contributed by atoms with E-state index in [1.807, 2.05) is 0 Å². The van der Waals surface area contributed by atoms with E-state index in [9.17, 15) is 16.8 Å². The molecule has 0 saturated carbocycles. The van der Waals surface area contributed by atoms with Crippen molar-refractivity contribution >= 4 is 19.9 Å². The predicted molar refractivity (Wildman–Crippen MR) is 93.6 cm³/mol. The average molecular weight is 400 g/mol. The fourth-order valence-corrected chi connectivity index (χ4v) is 5.60. The van der Waals surface area contributed by atoms with E-state index >= 15 is 0 Å². The third-order valence-electron chi connectivity index (χ3n) is 3.94. The molecule has 2 heterocycles. The maximum atomic E-state index is 12.7. The zero-order valence-electron chi connectivity index (χ0n) is 14.3. The quantitative estimate of drug-likeness (QED) is 0.715. The summed E-state index contributed by atoms with van der Waals surface area (Å²) in [5.41, 5.74) is 0.749. The third kappa shape index (κ3) is 4.50. The van der Waals surface area contributed by atoms with E-state index in [2.05, 4.69) is 5.16 Å². The van der Waals surface area contributed by atoms with Gasteiger partial charge in [0, 0.05) is 19.2 Å². The van der Waals surface area contributed by atoms with Crippen LogP contribution in [-0.4, -0.2) is 52.6 Å². The van der Waals surface area contributed by atoms with Gasteiger partial charge in [0.1, 0.15) is 5.76 Å². The highest BCUT2D eigenvalue weighted by Gasteiger charge is 2.27. The van der Waals surface area contributed by atoms with Crippen LogP contribution >= 0.6 is 0 Å². The van der Waals surface area contributed by atoms with E-state index in [1.165, 1.54) is 16.4 Å². The van der Waals surface area contributed by atoms with E-state index in [1.54, 1.807) is 25.1 Å². The second-order valence-corrected chi connectivity index (χ2v) is 10.1. The Morgan fingerprint density at radius 1 is 1.08 bits per heavy atom. The minimum Gasteiger partial charge on any atom is -0.379 e. The Morgan fingerprint density at radius 3 is 2.46 bits per heavy atom. The molecule has 0 aliphatic carbocycles. The van der Waals surface area contributed by atoms with Gasteiger partial charge >= 0.3 is 0 Å². The first-order chi connectivity index (χ1) is 12.3. The highest BCUT2D eigenvalue weighted by Crippen LogP contribution is 2.20. The van der Waals surface area contributed by atoms with Crippen LogP contribution in [0.3, 0.4) is 0 Å². The van der Waals surface area contributed by atoms with E-state index in [-0.39, 0.29) is 29.5 Å². The third-order valence-corrected chi connectivity index (χ3v) is 7.34. The minimum atomic E-state index is -3.66. The second kappa shape index (κ2) is 7.47. The van der Waals surface area contributed by atoms with Crippen LogP contribution in [-0.2, 0) is 36.1 Å². The van der Waals surface area contributed by atoms with Crippen molar-refractivity contribution in [2.45, 2.75) is 23.3 Å². The standard InChI is InChI=1S/C16H20N2O6S2/c1-13-9-15(17-24-13)12-25(19,20)11-14-3-2-4-16(10-14)26(21,22)18-5-7-23-8-6-18/h2-4,9-10H,5-8,11-12H2,1H3. The van der Waals surface area contributed by atoms with Crippen LogP contribution in [0.5, 0.6) is 0 Å². The maximum absolute atomic E-state index is 12.7. The summed E-state index contributed by atoms with van der Waals surface area (Å²) in [6, 6.07) is 7.61. The number of sulfone groups is 1. The molecular formula is C16H20N2O6S2. The lowest BCUT2D eigenvalue weighted by Gasteiger charge is -2.26. The summed E-state index contributed by atoms with van der Waals surface area (Å²) in [4.78, 5) is 0.0874. The van der Waals surface area contributed by atoms with Crippen LogP contribution in [0.25, 0.3) is 0 Å². The van der Waals surface area contributed by atoms with Gasteiger partial charge in [0.15, 0.2) is 9.84 Å². The van der Waals surface area contributed by atoms with Gasteiger partial charge < -0.3 is 9.26 Å². The molecule has 1 aliphatic rings. The zero-order valence-corrected chi connectivity index (χ0v) is 15.9. The molecule has 1 aromatic heterocycles.